The molecule has 2 aliphatic heterocycles. The van der Waals surface area contributed by atoms with Crippen molar-refractivity contribution >= 4 is 46.4 Å². The van der Waals surface area contributed by atoms with Gasteiger partial charge in [-0.25, -0.2) is 9.37 Å². The normalized spacial score (nSPS) is 20.1. The summed E-state index contributed by atoms with van der Waals surface area (Å²) in [5, 5.41) is 12.5. The first kappa shape index (κ1) is 24.9. The van der Waals surface area contributed by atoms with Gasteiger partial charge in [0.05, 0.1) is 32.9 Å². The van der Waals surface area contributed by atoms with Gasteiger partial charge in [0.15, 0.2) is 0 Å². The average Bonchev–Trinajstić information content (AvgIpc) is 3.47. The molecule has 6 nitrogen and oxygen atoms in total. The molecule has 1 N–H and O–H groups in total. The second kappa shape index (κ2) is 8.04. The predicted molar refractivity (Wildman–Crippen MR) is 144 cm³/mol. The van der Waals surface area contributed by atoms with Crippen LogP contribution >= 0.6 is 22.9 Å². The molecular formula is C27H27BClFN2O4S. The van der Waals surface area contributed by atoms with Gasteiger partial charge in [0, 0.05) is 16.6 Å². The number of ether oxygens (including phenoxy) is 1. The zero-order valence-corrected chi connectivity index (χ0v) is 23.0. The van der Waals surface area contributed by atoms with Crippen molar-refractivity contribution in [1.29, 1.82) is 0 Å². The molecular weight excluding hydrogens is 514 g/mol. The summed E-state index contributed by atoms with van der Waals surface area (Å²) in [6.45, 7) is 11.2. The molecule has 0 bridgehead atoms. The number of thiazole rings is 1. The van der Waals surface area contributed by atoms with Crippen LogP contribution in [0.5, 0.6) is 5.75 Å². The Bertz CT molecular complexity index is 1540. The Balaban J connectivity index is 1.53. The maximum Gasteiger partial charge on any atom is 0.495 e. The highest BCUT2D eigenvalue weighted by atomic mass is 35.5. The minimum atomic E-state index is -1.10. The first-order valence-electron chi connectivity index (χ1n) is 12.1. The Morgan fingerprint density at radius 2 is 1.81 bits per heavy atom. The van der Waals surface area contributed by atoms with E-state index in [0.717, 1.165) is 15.8 Å². The summed E-state index contributed by atoms with van der Waals surface area (Å²) in [4.78, 5) is 5.22. The molecule has 4 heterocycles. The lowest BCUT2D eigenvalue weighted by Crippen LogP contribution is -2.41. The largest absolute Gasteiger partial charge is 0.495 e. The van der Waals surface area contributed by atoms with Crippen LogP contribution in [0.4, 0.5) is 4.39 Å². The Hall–Kier alpha value is -2.43. The molecule has 37 heavy (non-hydrogen) atoms. The minimum absolute atomic E-state index is 0.357. The second-order valence-corrected chi connectivity index (χ2v) is 12.7. The number of hydrogen-bond acceptors (Lipinski definition) is 6. The molecule has 2 aliphatic rings. The number of halogens is 2. The van der Waals surface area contributed by atoms with Gasteiger partial charge in [0.25, 0.3) is 0 Å². The summed E-state index contributed by atoms with van der Waals surface area (Å²) in [7, 11) is -0.733. The van der Waals surface area contributed by atoms with Gasteiger partial charge >= 0.3 is 7.12 Å². The maximum absolute atomic E-state index is 15.9. The number of aliphatic hydroxyl groups is 1. The lowest BCUT2D eigenvalue weighted by Gasteiger charge is -2.32. The van der Waals surface area contributed by atoms with E-state index in [9.17, 15) is 5.11 Å². The van der Waals surface area contributed by atoms with E-state index in [1.54, 1.807) is 32.2 Å². The van der Waals surface area contributed by atoms with Crippen molar-refractivity contribution in [2.24, 2.45) is 0 Å². The molecule has 2 aromatic heterocycles. The van der Waals surface area contributed by atoms with E-state index in [4.69, 9.17) is 25.6 Å². The number of rotatable bonds is 3. The van der Waals surface area contributed by atoms with Gasteiger partial charge in [-0.05, 0) is 83.4 Å². The van der Waals surface area contributed by atoms with E-state index in [-0.39, 0.29) is 0 Å². The van der Waals surface area contributed by atoms with Crippen molar-refractivity contribution in [2.75, 3.05) is 0 Å². The number of nitrogens with zero attached hydrogens (tertiary/aromatic N) is 2. The predicted octanol–water partition coefficient (Wildman–Crippen LogP) is 6.02. The molecule has 1 saturated heterocycles. The fourth-order valence-corrected chi connectivity index (χ4v) is 5.87. The van der Waals surface area contributed by atoms with Crippen molar-refractivity contribution in [1.82, 2.24) is 9.55 Å². The van der Waals surface area contributed by atoms with E-state index in [0.29, 0.717) is 32.5 Å². The van der Waals surface area contributed by atoms with Crippen LogP contribution in [0, 0.1) is 5.82 Å². The highest BCUT2D eigenvalue weighted by molar-refractivity contribution is 7.11. The molecule has 0 saturated carbocycles. The van der Waals surface area contributed by atoms with E-state index >= 15 is 4.39 Å². The molecule has 6 rings (SSSR count). The van der Waals surface area contributed by atoms with Gasteiger partial charge in [-0.2, -0.15) is 0 Å². The molecule has 1 unspecified atom stereocenters. The third-order valence-electron chi connectivity index (χ3n) is 7.42. The van der Waals surface area contributed by atoms with Crippen LogP contribution in [0.25, 0.3) is 22.2 Å². The van der Waals surface area contributed by atoms with E-state index in [1.807, 2.05) is 50.5 Å². The third-order valence-corrected chi connectivity index (χ3v) is 9.00. The fourth-order valence-electron chi connectivity index (χ4n) is 4.75. The van der Waals surface area contributed by atoms with Gasteiger partial charge in [-0.15, -0.1) is 11.3 Å². The van der Waals surface area contributed by atoms with Gasteiger partial charge < -0.3 is 19.2 Å². The minimum Gasteiger partial charge on any atom is -0.464 e. The Kier molecular flexibility index (Phi) is 5.41. The Morgan fingerprint density at radius 3 is 2.46 bits per heavy atom. The zero-order chi connectivity index (χ0) is 26.5. The summed E-state index contributed by atoms with van der Waals surface area (Å²) in [5.41, 5.74) is 0.201. The van der Waals surface area contributed by atoms with Crippen LogP contribution in [0.2, 0.25) is 5.02 Å². The van der Waals surface area contributed by atoms with Crippen molar-refractivity contribution in [3.8, 4) is 17.0 Å². The van der Waals surface area contributed by atoms with E-state index < -0.39 is 36.0 Å². The summed E-state index contributed by atoms with van der Waals surface area (Å²) >= 11 is 7.64. The molecule has 0 radical (unpaired) electrons. The lowest BCUT2D eigenvalue weighted by molar-refractivity contribution is 0.00578. The number of aromatic nitrogens is 2. The van der Waals surface area contributed by atoms with Gasteiger partial charge in [0.2, 0.25) is 6.23 Å². The molecule has 4 aromatic rings. The van der Waals surface area contributed by atoms with Crippen LogP contribution in [-0.4, -0.2) is 33.0 Å². The van der Waals surface area contributed by atoms with Crippen molar-refractivity contribution in [2.45, 2.75) is 64.6 Å². The highest BCUT2D eigenvalue weighted by Gasteiger charge is 2.52. The molecule has 1 fully saturated rings. The van der Waals surface area contributed by atoms with Crippen LogP contribution in [0.1, 0.15) is 57.7 Å². The van der Waals surface area contributed by atoms with Crippen LogP contribution in [0.3, 0.4) is 0 Å². The maximum atomic E-state index is 15.9. The fraction of sp³-hybridized carbons (Fsp3) is 0.370. The topological polar surface area (TPSA) is 65.7 Å². The number of benzene rings is 2. The molecule has 2 aromatic carbocycles. The zero-order valence-electron chi connectivity index (χ0n) is 21.4. The SMILES string of the molecule is CC(C)(O)c1ncc(C2Oc3cc(B4OC(C)(C)C(C)(C)O4)cc(F)c3-c3cc4cc(Cl)ccc4n32)s1. The Labute approximate surface area is 224 Å². The summed E-state index contributed by atoms with van der Waals surface area (Å²) in [6.07, 6.45) is 1.08. The molecule has 0 amide bonds. The third kappa shape index (κ3) is 3.91. The van der Waals surface area contributed by atoms with E-state index in [2.05, 4.69) is 4.98 Å². The number of hydrogen-bond donors (Lipinski definition) is 1. The summed E-state index contributed by atoms with van der Waals surface area (Å²) < 4.78 is 36.7. The van der Waals surface area contributed by atoms with Crippen LogP contribution < -0.4 is 10.2 Å². The average molecular weight is 541 g/mol. The molecule has 192 valence electrons. The smallest absolute Gasteiger partial charge is 0.464 e. The standard InChI is InChI=1S/C27H27BClFN2O4S/c1-25(2,33)24-31-13-21(37-24)23-32-18-8-7-16(29)9-14(18)10-19(32)22-17(30)11-15(12-20(22)34-23)28-35-26(3,4)27(5,6)36-28/h7-13,23,33H,1-6H3. The molecule has 0 aliphatic carbocycles. The first-order valence-corrected chi connectivity index (χ1v) is 13.3. The monoisotopic (exact) mass is 540 g/mol. The van der Waals surface area contributed by atoms with Gasteiger partial charge in [-0.1, -0.05) is 11.6 Å². The number of fused-ring (bicyclic) bond motifs is 5. The van der Waals surface area contributed by atoms with Crippen LogP contribution in [0.15, 0.2) is 42.6 Å². The Morgan fingerprint density at radius 1 is 1.11 bits per heavy atom. The highest BCUT2D eigenvalue weighted by Crippen LogP contribution is 2.47. The molecule has 10 heteroatoms. The summed E-state index contributed by atoms with van der Waals surface area (Å²) in [6, 6.07) is 10.7. The van der Waals surface area contributed by atoms with Crippen molar-refractivity contribution in [3.63, 3.8) is 0 Å². The van der Waals surface area contributed by atoms with Gasteiger partial charge in [0.1, 0.15) is 22.2 Å². The molecule has 1 atom stereocenters. The summed E-state index contributed by atoms with van der Waals surface area (Å²) in [5.74, 6) is -0.0494. The molecule has 0 spiro atoms. The first-order chi connectivity index (χ1) is 17.2. The second-order valence-electron chi connectivity index (χ2n) is 11.2. The lowest BCUT2D eigenvalue weighted by atomic mass is 9.78. The quantitative estimate of drug-likeness (QED) is 0.322. The van der Waals surface area contributed by atoms with E-state index in [1.165, 1.54) is 17.4 Å². The van der Waals surface area contributed by atoms with Crippen molar-refractivity contribution < 1.29 is 23.5 Å². The van der Waals surface area contributed by atoms with Gasteiger partial charge in [-0.3, -0.25) is 4.57 Å². The van der Waals surface area contributed by atoms with Crippen LogP contribution in [-0.2, 0) is 14.9 Å². The van der Waals surface area contributed by atoms with Crippen molar-refractivity contribution in [3.05, 3.63) is 63.3 Å².